The largest absolute Gasteiger partial charge is 0.357 e. The first-order valence-corrected chi connectivity index (χ1v) is 11.4. The molecule has 0 saturated carbocycles. The Bertz CT molecular complexity index is 877. The molecule has 1 aliphatic rings. The van der Waals surface area contributed by atoms with E-state index in [0.29, 0.717) is 6.04 Å². The molecule has 0 amide bonds. The molecule has 0 aliphatic carbocycles. The number of aromatic nitrogens is 2. The summed E-state index contributed by atoms with van der Waals surface area (Å²) in [4.78, 5) is 16.9. The van der Waals surface area contributed by atoms with Crippen molar-refractivity contribution >= 4 is 28.3 Å². The smallest absolute Gasteiger partial charge is 0.191 e. The molecular weight excluding hydrogens is 380 g/mol. The summed E-state index contributed by atoms with van der Waals surface area (Å²) in [5, 5.41) is 9.01. The second-order valence-electron chi connectivity index (χ2n) is 7.37. The number of rotatable bonds is 8. The van der Waals surface area contributed by atoms with Crippen LogP contribution in [0.5, 0.6) is 0 Å². The van der Waals surface area contributed by atoms with E-state index in [0.717, 1.165) is 48.9 Å². The molecular formula is C22H30N6S. The zero-order valence-corrected chi connectivity index (χ0v) is 17.8. The number of imidazole rings is 1. The number of hydrogen-bond donors (Lipinski definition) is 3. The van der Waals surface area contributed by atoms with Gasteiger partial charge in [0.2, 0.25) is 0 Å². The number of aromatic amines is 1. The standard InChI is InChI=1S/C22H30N6S/c1-2-23-22(24-12-11-21-26-17-8-3-4-9-18(17)27-21)25-16-19(20-10-7-15-29-20)28-13-5-6-14-28/h3-4,7-10,15,19H,2,5-6,11-14,16H2,1H3,(H,26,27)(H2,23,24,25). The van der Waals surface area contributed by atoms with Gasteiger partial charge in [-0.2, -0.15) is 0 Å². The number of benzene rings is 1. The second-order valence-corrected chi connectivity index (χ2v) is 8.35. The molecule has 154 valence electrons. The van der Waals surface area contributed by atoms with Crippen LogP contribution in [0.2, 0.25) is 0 Å². The van der Waals surface area contributed by atoms with Crippen molar-refractivity contribution in [2.24, 2.45) is 4.99 Å². The summed E-state index contributed by atoms with van der Waals surface area (Å²) in [5.41, 5.74) is 2.11. The van der Waals surface area contributed by atoms with Crippen molar-refractivity contribution < 1.29 is 0 Å². The maximum Gasteiger partial charge on any atom is 0.191 e. The second kappa shape index (κ2) is 9.89. The molecule has 1 aromatic carbocycles. The molecule has 2 aromatic heterocycles. The van der Waals surface area contributed by atoms with Crippen molar-refractivity contribution in [1.82, 2.24) is 25.5 Å². The minimum Gasteiger partial charge on any atom is -0.357 e. The van der Waals surface area contributed by atoms with Crippen LogP contribution in [0.3, 0.4) is 0 Å². The van der Waals surface area contributed by atoms with Crippen molar-refractivity contribution in [3.8, 4) is 0 Å². The van der Waals surface area contributed by atoms with Gasteiger partial charge in [-0.15, -0.1) is 11.3 Å². The molecule has 3 N–H and O–H groups in total. The van der Waals surface area contributed by atoms with Crippen LogP contribution in [0, 0.1) is 0 Å². The molecule has 4 rings (SSSR count). The van der Waals surface area contributed by atoms with E-state index >= 15 is 0 Å². The number of nitrogens with zero attached hydrogens (tertiary/aromatic N) is 3. The van der Waals surface area contributed by atoms with Crippen LogP contribution in [-0.4, -0.2) is 53.6 Å². The average Bonchev–Trinajstić information content (AvgIpc) is 3.49. The van der Waals surface area contributed by atoms with Gasteiger partial charge in [-0.25, -0.2) is 4.98 Å². The first kappa shape index (κ1) is 19.9. The third kappa shape index (κ3) is 5.16. The van der Waals surface area contributed by atoms with E-state index in [1.54, 1.807) is 0 Å². The summed E-state index contributed by atoms with van der Waals surface area (Å²) >= 11 is 1.84. The monoisotopic (exact) mass is 410 g/mol. The lowest BCUT2D eigenvalue weighted by Gasteiger charge is -2.25. The van der Waals surface area contributed by atoms with Crippen LogP contribution in [0.15, 0.2) is 46.8 Å². The minimum atomic E-state index is 0.378. The molecule has 1 fully saturated rings. The molecule has 6 nitrogen and oxygen atoms in total. The van der Waals surface area contributed by atoms with E-state index in [2.05, 4.69) is 56.0 Å². The molecule has 7 heteroatoms. The summed E-state index contributed by atoms with van der Waals surface area (Å²) in [5.74, 6) is 1.88. The Morgan fingerprint density at radius 2 is 2.07 bits per heavy atom. The molecule has 1 saturated heterocycles. The number of nitrogens with one attached hydrogen (secondary N) is 3. The van der Waals surface area contributed by atoms with Crippen LogP contribution >= 0.6 is 11.3 Å². The zero-order chi connectivity index (χ0) is 19.9. The Hall–Kier alpha value is -2.38. The van der Waals surface area contributed by atoms with Crippen molar-refractivity contribution in [3.05, 3.63) is 52.5 Å². The van der Waals surface area contributed by atoms with Gasteiger partial charge in [0.15, 0.2) is 5.96 Å². The SMILES string of the molecule is CCNC(=NCC(c1cccs1)N1CCCC1)NCCc1nc2ccccc2[nH]1. The lowest BCUT2D eigenvalue weighted by atomic mass is 10.2. The molecule has 1 unspecified atom stereocenters. The first-order chi connectivity index (χ1) is 14.3. The number of likely N-dealkylation sites (tertiary alicyclic amines) is 1. The molecule has 0 spiro atoms. The highest BCUT2D eigenvalue weighted by Gasteiger charge is 2.24. The van der Waals surface area contributed by atoms with Crippen LogP contribution in [0.25, 0.3) is 11.0 Å². The summed E-state index contributed by atoms with van der Waals surface area (Å²) in [6.07, 6.45) is 3.42. The fourth-order valence-electron chi connectivity index (χ4n) is 3.86. The topological polar surface area (TPSA) is 68.3 Å². The third-order valence-corrected chi connectivity index (χ3v) is 6.29. The Labute approximate surface area is 176 Å². The van der Waals surface area contributed by atoms with Crippen molar-refractivity contribution in [3.63, 3.8) is 0 Å². The van der Waals surface area contributed by atoms with E-state index < -0.39 is 0 Å². The van der Waals surface area contributed by atoms with Gasteiger partial charge in [0, 0.05) is 24.4 Å². The Morgan fingerprint density at radius 1 is 1.21 bits per heavy atom. The lowest BCUT2D eigenvalue weighted by Crippen LogP contribution is -2.39. The maximum atomic E-state index is 4.92. The molecule has 1 aliphatic heterocycles. The van der Waals surface area contributed by atoms with Gasteiger partial charge in [0.05, 0.1) is 23.6 Å². The molecule has 29 heavy (non-hydrogen) atoms. The van der Waals surface area contributed by atoms with Crippen LogP contribution in [0.1, 0.15) is 36.5 Å². The maximum absolute atomic E-state index is 4.92. The number of H-pyrrole nitrogens is 1. The first-order valence-electron chi connectivity index (χ1n) is 10.6. The number of fused-ring (bicyclic) bond motifs is 1. The number of para-hydroxylation sites is 2. The number of guanidine groups is 1. The van der Waals surface area contributed by atoms with E-state index in [9.17, 15) is 0 Å². The Morgan fingerprint density at radius 3 is 2.83 bits per heavy atom. The van der Waals surface area contributed by atoms with Gasteiger partial charge < -0.3 is 15.6 Å². The summed E-state index contributed by atoms with van der Waals surface area (Å²) < 4.78 is 0. The number of aliphatic imine (C=N–C) groups is 1. The predicted octanol–water partition coefficient (Wildman–Crippen LogP) is 3.56. The van der Waals surface area contributed by atoms with E-state index in [4.69, 9.17) is 4.99 Å². The normalized spacial score (nSPS) is 16.4. The van der Waals surface area contributed by atoms with Crippen LogP contribution < -0.4 is 10.6 Å². The minimum absolute atomic E-state index is 0.378. The van der Waals surface area contributed by atoms with Gasteiger partial charge in [-0.3, -0.25) is 9.89 Å². The quantitative estimate of drug-likeness (QED) is 0.392. The van der Waals surface area contributed by atoms with E-state index in [1.807, 2.05) is 29.5 Å². The molecule has 3 heterocycles. The highest BCUT2D eigenvalue weighted by molar-refractivity contribution is 7.10. The van der Waals surface area contributed by atoms with Gasteiger partial charge in [-0.05, 0) is 56.4 Å². The lowest BCUT2D eigenvalue weighted by molar-refractivity contribution is 0.255. The fraction of sp³-hybridized carbons (Fsp3) is 0.455. The van der Waals surface area contributed by atoms with Crippen LogP contribution in [0.4, 0.5) is 0 Å². The Balaban J connectivity index is 1.37. The average molecular weight is 411 g/mol. The highest BCUT2D eigenvalue weighted by Crippen LogP contribution is 2.28. The zero-order valence-electron chi connectivity index (χ0n) is 17.0. The molecule has 0 bridgehead atoms. The third-order valence-electron chi connectivity index (χ3n) is 5.31. The number of hydrogen-bond acceptors (Lipinski definition) is 4. The van der Waals surface area contributed by atoms with Crippen molar-refractivity contribution in [1.29, 1.82) is 0 Å². The number of thiophene rings is 1. The van der Waals surface area contributed by atoms with Crippen molar-refractivity contribution in [2.45, 2.75) is 32.2 Å². The molecule has 1 atom stereocenters. The van der Waals surface area contributed by atoms with Gasteiger partial charge in [-0.1, -0.05) is 18.2 Å². The fourth-order valence-corrected chi connectivity index (χ4v) is 4.71. The predicted molar refractivity (Wildman–Crippen MR) is 122 cm³/mol. The van der Waals surface area contributed by atoms with Crippen molar-refractivity contribution in [2.75, 3.05) is 32.7 Å². The van der Waals surface area contributed by atoms with E-state index in [1.165, 1.54) is 30.8 Å². The molecule has 3 aromatic rings. The van der Waals surface area contributed by atoms with Gasteiger partial charge >= 0.3 is 0 Å². The molecule has 0 radical (unpaired) electrons. The van der Waals surface area contributed by atoms with Gasteiger partial charge in [0.1, 0.15) is 5.82 Å². The van der Waals surface area contributed by atoms with Gasteiger partial charge in [0.25, 0.3) is 0 Å². The van der Waals surface area contributed by atoms with Crippen LogP contribution in [-0.2, 0) is 6.42 Å². The van der Waals surface area contributed by atoms with E-state index in [-0.39, 0.29) is 0 Å². The Kier molecular flexibility index (Phi) is 6.79. The highest BCUT2D eigenvalue weighted by atomic mass is 32.1. The summed E-state index contributed by atoms with van der Waals surface area (Å²) in [6, 6.07) is 12.9. The summed E-state index contributed by atoms with van der Waals surface area (Å²) in [7, 11) is 0. The summed E-state index contributed by atoms with van der Waals surface area (Å²) in [6.45, 7) is 6.87.